The maximum absolute atomic E-state index is 13.8. The van der Waals surface area contributed by atoms with Crippen molar-refractivity contribution in [3.8, 4) is 0 Å². The van der Waals surface area contributed by atoms with Gasteiger partial charge < -0.3 is 19.9 Å². The second-order valence-corrected chi connectivity index (χ2v) is 11.6. The first kappa shape index (κ1) is 24.9. The van der Waals surface area contributed by atoms with Gasteiger partial charge in [0.25, 0.3) is 5.91 Å². The van der Waals surface area contributed by atoms with E-state index in [1.807, 2.05) is 24.3 Å². The van der Waals surface area contributed by atoms with Crippen LogP contribution >= 0.6 is 0 Å². The van der Waals surface area contributed by atoms with E-state index in [4.69, 9.17) is 4.74 Å². The van der Waals surface area contributed by atoms with Crippen LogP contribution in [0.4, 0.5) is 5.69 Å². The van der Waals surface area contributed by atoms with E-state index in [2.05, 4.69) is 15.1 Å². The van der Waals surface area contributed by atoms with Crippen molar-refractivity contribution in [2.24, 2.45) is 5.92 Å². The van der Waals surface area contributed by atoms with Gasteiger partial charge in [0.05, 0.1) is 6.10 Å². The normalized spacial score (nSPS) is 28.2. The van der Waals surface area contributed by atoms with Crippen LogP contribution in [0.15, 0.2) is 24.3 Å². The van der Waals surface area contributed by atoms with Crippen LogP contribution in [0.2, 0.25) is 0 Å². The molecule has 0 unspecified atom stereocenters. The van der Waals surface area contributed by atoms with Gasteiger partial charge in [0.1, 0.15) is 18.7 Å². The van der Waals surface area contributed by atoms with Gasteiger partial charge in [-0.25, -0.2) is 0 Å². The molecule has 1 aromatic rings. The minimum absolute atomic E-state index is 0.0197. The minimum atomic E-state index is -0.598. The lowest BCUT2D eigenvalue weighted by atomic mass is 9.83. The number of benzene rings is 1. The van der Waals surface area contributed by atoms with Crippen LogP contribution in [0.1, 0.15) is 68.1 Å². The van der Waals surface area contributed by atoms with Crippen molar-refractivity contribution in [2.75, 3.05) is 44.2 Å². The number of carbonyl (C=O) groups excluding carboxylic acids is 3. The van der Waals surface area contributed by atoms with Gasteiger partial charge >= 0.3 is 0 Å². The summed E-state index contributed by atoms with van der Waals surface area (Å²) in [6.45, 7) is 4.83. The van der Waals surface area contributed by atoms with E-state index in [1.54, 1.807) is 4.90 Å². The summed E-state index contributed by atoms with van der Waals surface area (Å²) >= 11 is 0. The lowest BCUT2D eigenvalue weighted by Crippen LogP contribution is -2.55. The second-order valence-electron chi connectivity index (χ2n) is 11.6. The number of nitrogens with zero attached hydrogens (tertiary/aromatic N) is 3. The molecule has 3 heterocycles. The predicted octanol–water partition coefficient (Wildman–Crippen LogP) is 2.61. The molecule has 3 atom stereocenters. The summed E-state index contributed by atoms with van der Waals surface area (Å²) in [7, 11) is 0. The zero-order valence-electron chi connectivity index (χ0n) is 21.8. The van der Waals surface area contributed by atoms with Gasteiger partial charge in [0.2, 0.25) is 5.91 Å². The summed E-state index contributed by atoms with van der Waals surface area (Å²) in [5.74, 6) is -0.246. The summed E-state index contributed by atoms with van der Waals surface area (Å²) in [5.41, 5.74) is 1.72. The monoisotopic (exact) mass is 508 g/mol. The smallest absolute Gasteiger partial charge is 0.251 e. The Kier molecular flexibility index (Phi) is 7.21. The maximum atomic E-state index is 13.8. The van der Waals surface area contributed by atoms with Crippen molar-refractivity contribution in [1.82, 2.24) is 15.1 Å². The summed E-state index contributed by atoms with van der Waals surface area (Å²) in [5, 5.41) is 3.10. The first-order chi connectivity index (χ1) is 18.1. The fourth-order valence-corrected chi connectivity index (χ4v) is 7.01. The molecule has 2 saturated carbocycles. The largest absolute Gasteiger partial charge is 0.369 e. The highest BCUT2D eigenvalue weighted by atomic mass is 16.5. The number of piperazine rings is 1. The van der Waals surface area contributed by atoms with Crippen molar-refractivity contribution in [2.45, 2.75) is 82.0 Å². The number of hydrogen-bond donors (Lipinski definition) is 1. The van der Waals surface area contributed by atoms with Gasteiger partial charge in [0.15, 0.2) is 5.78 Å². The molecule has 37 heavy (non-hydrogen) atoms. The molecule has 200 valence electrons. The third-order valence-corrected chi connectivity index (χ3v) is 9.47. The molecule has 8 heteroatoms. The topological polar surface area (TPSA) is 82.2 Å². The van der Waals surface area contributed by atoms with Crippen molar-refractivity contribution in [1.29, 1.82) is 0 Å². The molecule has 6 rings (SSSR count). The average molecular weight is 509 g/mol. The molecule has 5 aliphatic rings. The fraction of sp³-hybridized carbons (Fsp3) is 0.690. The Bertz CT molecular complexity index is 996. The van der Waals surface area contributed by atoms with Crippen LogP contribution in [-0.4, -0.2) is 91.0 Å². The third kappa shape index (κ3) is 5.02. The Labute approximate surface area is 219 Å². The molecule has 3 saturated heterocycles. The van der Waals surface area contributed by atoms with Crippen molar-refractivity contribution in [3.05, 3.63) is 29.8 Å². The van der Waals surface area contributed by atoms with E-state index in [1.165, 1.54) is 25.7 Å². The lowest BCUT2D eigenvalue weighted by molar-refractivity contribution is -0.139. The summed E-state index contributed by atoms with van der Waals surface area (Å²) < 4.78 is 5.60. The summed E-state index contributed by atoms with van der Waals surface area (Å²) in [6.07, 6.45) is 9.71. The summed E-state index contributed by atoms with van der Waals surface area (Å²) in [4.78, 5) is 46.3. The van der Waals surface area contributed by atoms with Crippen LogP contribution in [0.25, 0.3) is 0 Å². The molecule has 0 spiro atoms. The Morgan fingerprint density at radius 3 is 2.27 bits per heavy atom. The molecule has 2 aliphatic carbocycles. The van der Waals surface area contributed by atoms with Crippen LogP contribution < -0.4 is 10.2 Å². The first-order valence-electron chi connectivity index (χ1n) is 14.4. The number of fused-ring (bicyclic) bond motifs is 1. The highest BCUT2D eigenvalue weighted by molar-refractivity contribution is 5.99. The fourth-order valence-electron chi connectivity index (χ4n) is 7.01. The highest BCUT2D eigenvalue weighted by Crippen LogP contribution is 2.32. The van der Waals surface area contributed by atoms with Crippen molar-refractivity contribution < 1.29 is 19.1 Å². The number of carbonyl (C=O) groups is 3. The minimum Gasteiger partial charge on any atom is -0.369 e. The number of likely N-dealkylation sites (tertiary alicyclic amines) is 1. The number of Topliss-reactive ketones (excluding diaryl/α,β-unsaturated/α-hetero) is 1. The molecule has 8 nitrogen and oxygen atoms in total. The number of rotatable bonds is 6. The van der Waals surface area contributed by atoms with Gasteiger partial charge in [-0.15, -0.1) is 0 Å². The van der Waals surface area contributed by atoms with Crippen LogP contribution in [0.5, 0.6) is 0 Å². The highest BCUT2D eigenvalue weighted by Gasteiger charge is 2.49. The molecule has 0 radical (unpaired) electrons. The molecule has 3 aliphatic heterocycles. The molecule has 1 N–H and O–H groups in total. The molecular weight excluding hydrogens is 468 g/mol. The van der Waals surface area contributed by atoms with Gasteiger partial charge in [-0.1, -0.05) is 25.7 Å². The van der Waals surface area contributed by atoms with Crippen LogP contribution in [-0.2, 0) is 14.3 Å². The van der Waals surface area contributed by atoms with Gasteiger partial charge in [-0.3, -0.25) is 19.3 Å². The Morgan fingerprint density at radius 2 is 1.59 bits per heavy atom. The average Bonchev–Trinajstić information content (AvgIpc) is 3.50. The number of anilines is 1. The number of ketones is 1. The Morgan fingerprint density at radius 1 is 0.865 bits per heavy atom. The van der Waals surface area contributed by atoms with Gasteiger partial charge in [-0.05, 0) is 62.3 Å². The third-order valence-electron chi connectivity index (χ3n) is 9.47. The van der Waals surface area contributed by atoms with Crippen LogP contribution in [0.3, 0.4) is 0 Å². The number of amides is 2. The summed E-state index contributed by atoms with van der Waals surface area (Å²) in [6, 6.07) is 7.53. The zero-order valence-corrected chi connectivity index (χ0v) is 21.8. The van der Waals surface area contributed by atoms with Gasteiger partial charge in [0, 0.05) is 50.0 Å². The first-order valence-corrected chi connectivity index (χ1v) is 14.4. The van der Waals surface area contributed by atoms with E-state index in [0.29, 0.717) is 18.5 Å². The second kappa shape index (κ2) is 10.7. The SMILES string of the molecule is O=C(N[C@H](C(=O)N1CC[C@H]2OCC(=O)[C@H]21)C1CCCCC1)c1ccc(N2CCN(C3CCC3)CC2)cc1. The number of nitrogens with one attached hydrogen (secondary N) is 1. The van der Waals surface area contributed by atoms with Crippen molar-refractivity contribution >= 4 is 23.3 Å². The zero-order chi connectivity index (χ0) is 25.4. The van der Waals surface area contributed by atoms with Crippen LogP contribution in [0, 0.1) is 5.92 Å². The van der Waals surface area contributed by atoms with E-state index in [-0.39, 0.29) is 36.2 Å². The predicted molar refractivity (Wildman–Crippen MR) is 141 cm³/mol. The number of hydrogen-bond acceptors (Lipinski definition) is 6. The van der Waals surface area contributed by atoms with Gasteiger partial charge in [-0.2, -0.15) is 0 Å². The Hall–Kier alpha value is -2.45. The molecular formula is C29H40N4O4. The molecule has 2 amide bonds. The molecule has 0 aromatic heterocycles. The number of ether oxygens (including phenoxy) is 1. The van der Waals surface area contributed by atoms with E-state index >= 15 is 0 Å². The van der Waals surface area contributed by atoms with E-state index in [9.17, 15) is 14.4 Å². The Balaban J connectivity index is 1.11. The quantitative estimate of drug-likeness (QED) is 0.636. The molecule has 1 aromatic carbocycles. The van der Waals surface area contributed by atoms with E-state index in [0.717, 1.165) is 63.6 Å². The van der Waals surface area contributed by atoms with E-state index < -0.39 is 12.1 Å². The molecule has 0 bridgehead atoms. The maximum Gasteiger partial charge on any atom is 0.251 e. The van der Waals surface area contributed by atoms with Crippen molar-refractivity contribution in [3.63, 3.8) is 0 Å². The standard InChI is InChI=1S/C29H40N4O4/c34-24-19-37-25-13-14-33(27(24)25)29(36)26(20-5-2-1-3-6-20)30-28(35)21-9-11-23(12-10-21)32-17-15-31(16-18-32)22-7-4-8-22/h9-12,20,22,25-27H,1-8,13-19H2,(H,30,35)/t25-,26+,27-/m1/s1. The lowest BCUT2D eigenvalue weighted by Gasteiger charge is -2.43. The molecule has 5 fully saturated rings.